The number of oxazole rings is 1. The normalized spacial score (nSPS) is 12.5. The standard InChI is InChI=1S/C24H24N4O4/c1-16-20(14-27(2)13-17-6-4-7-19(10-17)28-9-5-8-25-28)26-24(32-16)18-11-21(29-3)23-22(12-18)30-15-31-23/h4-12H,13-15H2,1-3H3. The molecule has 5 rings (SSSR count). The predicted molar refractivity (Wildman–Crippen MR) is 118 cm³/mol. The van der Waals surface area contributed by atoms with Crippen LogP contribution < -0.4 is 14.2 Å². The van der Waals surface area contributed by atoms with Crippen LogP contribution in [0.25, 0.3) is 17.1 Å². The molecule has 0 amide bonds. The molecule has 2 aromatic heterocycles. The molecule has 0 saturated carbocycles. The molecule has 0 saturated heterocycles. The SMILES string of the molecule is COc1cc(-c2nc(CN(C)Cc3cccc(-n4cccn4)c3)c(C)o2)cc2c1OCO2. The summed E-state index contributed by atoms with van der Waals surface area (Å²) in [5, 5.41) is 4.31. The van der Waals surface area contributed by atoms with Crippen molar-refractivity contribution in [2.24, 2.45) is 0 Å². The van der Waals surface area contributed by atoms with Crippen molar-refractivity contribution in [2.75, 3.05) is 21.0 Å². The van der Waals surface area contributed by atoms with E-state index in [1.54, 1.807) is 13.3 Å². The van der Waals surface area contributed by atoms with Crippen LogP contribution in [0.15, 0.2) is 59.3 Å². The Kier molecular flexibility index (Phi) is 5.28. The van der Waals surface area contributed by atoms with Gasteiger partial charge in [-0.15, -0.1) is 0 Å². The number of methoxy groups -OCH3 is 1. The second-order valence-corrected chi connectivity index (χ2v) is 7.73. The van der Waals surface area contributed by atoms with E-state index < -0.39 is 0 Å². The number of ether oxygens (including phenoxy) is 3. The summed E-state index contributed by atoms with van der Waals surface area (Å²) in [6.07, 6.45) is 3.72. The fourth-order valence-electron chi connectivity index (χ4n) is 3.79. The Morgan fingerprint density at radius 2 is 2.03 bits per heavy atom. The van der Waals surface area contributed by atoms with Gasteiger partial charge in [0.05, 0.1) is 18.5 Å². The van der Waals surface area contributed by atoms with Crippen LogP contribution in [-0.4, -0.2) is 40.6 Å². The second-order valence-electron chi connectivity index (χ2n) is 7.73. The molecule has 0 spiro atoms. The van der Waals surface area contributed by atoms with Gasteiger partial charge in [0.25, 0.3) is 0 Å². The zero-order valence-electron chi connectivity index (χ0n) is 18.2. The molecule has 2 aromatic carbocycles. The third-order valence-corrected chi connectivity index (χ3v) is 5.35. The second kappa shape index (κ2) is 8.39. The minimum Gasteiger partial charge on any atom is -0.493 e. The Morgan fingerprint density at radius 1 is 1.12 bits per heavy atom. The Labute approximate surface area is 186 Å². The number of nitrogens with zero attached hydrogens (tertiary/aromatic N) is 4. The Bertz CT molecular complexity index is 1230. The number of hydrogen-bond acceptors (Lipinski definition) is 7. The first-order chi connectivity index (χ1) is 15.6. The summed E-state index contributed by atoms with van der Waals surface area (Å²) in [5.74, 6) is 3.15. The van der Waals surface area contributed by atoms with Gasteiger partial charge in [-0.05, 0) is 49.9 Å². The highest BCUT2D eigenvalue weighted by molar-refractivity contribution is 5.66. The number of aryl methyl sites for hydroxylation is 1. The van der Waals surface area contributed by atoms with Crippen molar-refractivity contribution in [1.82, 2.24) is 19.7 Å². The number of aromatic nitrogens is 3. The molecular formula is C24H24N4O4. The van der Waals surface area contributed by atoms with Gasteiger partial charge in [0, 0.05) is 31.0 Å². The molecule has 0 aliphatic carbocycles. The molecule has 8 heteroatoms. The van der Waals surface area contributed by atoms with Crippen LogP contribution in [0.4, 0.5) is 0 Å². The first-order valence-corrected chi connectivity index (χ1v) is 10.3. The van der Waals surface area contributed by atoms with Gasteiger partial charge in [0.2, 0.25) is 18.4 Å². The summed E-state index contributed by atoms with van der Waals surface area (Å²) in [5.41, 5.74) is 3.91. The first-order valence-electron chi connectivity index (χ1n) is 10.3. The van der Waals surface area contributed by atoms with Gasteiger partial charge >= 0.3 is 0 Å². The van der Waals surface area contributed by atoms with E-state index in [0.29, 0.717) is 29.7 Å². The molecule has 4 aromatic rings. The van der Waals surface area contributed by atoms with Gasteiger partial charge < -0.3 is 18.6 Å². The third kappa shape index (κ3) is 3.92. The maximum absolute atomic E-state index is 5.98. The topological polar surface area (TPSA) is 74.8 Å². The molecule has 8 nitrogen and oxygen atoms in total. The number of fused-ring (bicyclic) bond motifs is 1. The van der Waals surface area contributed by atoms with Crippen molar-refractivity contribution < 1.29 is 18.6 Å². The van der Waals surface area contributed by atoms with Crippen LogP contribution in [0.2, 0.25) is 0 Å². The molecule has 32 heavy (non-hydrogen) atoms. The lowest BCUT2D eigenvalue weighted by molar-refractivity contribution is 0.171. The molecule has 0 bridgehead atoms. The molecular weight excluding hydrogens is 408 g/mol. The van der Waals surface area contributed by atoms with Crippen LogP contribution >= 0.6 is 0 Å². The van der Waals surface area contributed by atoms with E-state index >= 15 is 0 Å². The lowest BCUT2D eigenvalue weighted by atomic mass is 10.2. The zero-order valence-corrected chi connectivity index (χ0v) is 18.2. The van der Waals surface area contributed by atoms with Crippen molar-refractivity contribution >= 4 is 0 Å². The molecule has 0 radical (unpaired) electrons. The summed E-state index contributed by atoms with van der Waals surface area (Å²) in [6, 6.07) is 14.0. The van der Waals surface area contributed by atoms with E-state index in [-0.39, 0.29) is 6.79 Å². The maximum atomic E-state index is 5.98. The smallest absolute Gasteiger partial charge is 0.231 e. The third-order valence-electron chi connectivity index (χ3n) is 5.35. The van der Waals surface area contributed by atoms with Gasteiger partial charge in [-0.3, -0.25) is 4.90 Å². The molecule has 3 heterocycles. The summed E-state index contributed by atoms with van der Waals surface area (Å²) in [7, 11) is 3.67. The van der Waals surface area contributed by atoms with E-state index in [2.05, 4.69) is 29.2 Å². The molecule has 164 valence electrons. The van der Waals surface area contributed by atoms with E-state index in [1.807, 2.05) is 48.1 Å². The van der Waals surface area contributed by atoms with Crippen molar-refractivity contribution in [3.8, 4) is 34.4 Å². The highest BCUT2D eigenvalue weighted by Crippen LogP contribution is 2.44. The van der Waals surface area contributed by atoms with Crippen LogP contribution in [0.5, 0.6) is 17.2 Å². The van der Waals surface area contributed by atoms with Gasteiger partial charge in [-0.1, -0.05) is 12.1 Å². The van der Waals surface area contributed by atoms with E-state index in [9.17, 15) is 0 Å². The van der Waals surface area contributed by atoms with Crippen LogP contribution in [-0.2, 0) is 13.1 Å². The minimum atomic E-state index is 0.178. The van der Waals surface area contributed by atoms with Crippen molar-refractivity contribution in [3.05, 3.63) is 71.9 Å². The number of benzene rings is 2. The average Bonchev–Trinajstić information content (AvgIpc) is 3.55. The molecule has 0 fully saturated rings. The Morgan fingerprint density at radius 3 is 2.84 bits per heavy atom. The maximum Gasteiger partial charge on any atom is 0.231 e. The van der Waals surface area contributed by atoms with Crippen molar-refractivity contribution in [1.29, 1.82) is 0 Å². The van der Waals surface area contributed by atoms with Gasteiger partial charge in [0.1, 0.15) is 5.76 Å². The Balaban J connectivity index is 1.32. The van der Waals surface area contributed by atoms with Gasteiger partial charge in [-0.25, -0.2) is 9.67 Å². The van der Waals surface area contributed by atoms with Crippen LogP contribution in [0, 0.1) is 6.92 Å². The number of rotatable bonds is 7. The van der Waals surface area contributed by atoms with Gasteiger partial charge in [0.15, 0.2) is 11.5 Å². The fourth-order valence-corrected chi connectivity index (χ4v) is 3.79. The molecule has 0 atom stereocenters. The largest absolute Gasteiger partial charge is 0.493 e. The van der Waals surface area contributed by atoms with Crippen molar-refractivity contribution in [2.45, 2.75) is 20.0 Å². The lowest BCUT2D eigenvalue weighted by Crippen LogP contribution is -2.18. The molecule has 1 aliphatic heterocycles. The van der Waals surface area contributed by atoms with Gasteiger partial charge in [-0.2, -0.15) is 5.10 Å². The van der Waals surface area contributed by atoms with Crippen molar-refractivity contribution in [3.63, 3.8) is 0 Å². The summed E-state index contributed by atoms with van der Waals surface area (Å²) in [4.78, 5) is 6.95. The van der Waals surface area contributed by atoms with Crippen LogP contribution in [0.3, 0.4) is 0 Å². The molecule has 0 unspecified atom stereocenters. The van der Waals surface area contributed by atoms with E-state index in [4.69, 9.17) is 23.6 Å². The lowest BCUT2D eigenvalue weighted by Gasteiger charge is -2.16. The summed E-state index contributed by atoms with van der Waals surface area (Å²) < 4.78 is 24.3. The monoisotopic (exact) mass is 432 g/mol. The molecule has 1 aliphatic rings. The quantitative estimate of drug-likeness (QED) is 0.433. The minimum absolute atomic E-state index is 0.178. The summed E-state index contributed by atoms with van der Waals surface area (Å²) >= 11 is 0. The van der Waals surface area contributed by atoms with E-state index in [1.165, 1.54) is 5.56 Å². The van der Waals surface area contributed by atoms with Crippen LogP contribution in [0.1, 0.15) is 17.0 Å². The number of hydrogen-bond donors (Lipinski definition) is 0. The zero-order chi connectivity index (χ0) is 22.1. The summed E-state index contributed by atoms with van der Waals surface area (Å²) in [6.45, 7) is 3.54. The average molecular weight is 432 g/mol. The highest BCUT2D eigenvalue weighted by atomic mass is 16.7. The Hall–Kier alpha value is -3.78. The predicted octanol–water partition coefficient (Wildman–Crippen LogP) is 4.21. The van der Waals surface area contributed by atoms with E-state index in [0.717, 1.165) is 29.2 Å². The first kappa shape index (κ1) is 20.1. The molecule has 0 N–H and O–H groups in total. The highest BCUT2D eigenvalue weighted by Gasteiger charge is 2.23. The fraction of sp³-hybridized carbons (Fsp3) is 0.250.